The average Bonchev–Trinajstić information content (AvgIpc) is 2.40. The second kappa shape index (κ2) is 7.65. The number of aliphatic hydroxyl groups is 1. The van der Waals surface area contributed by atoms with Crippen LogP contribution in [-0.4, -0.2) is 45.4 Å². The molecule has 0 atom stereocenters. The number of rotatable bonds is 5. The minimum Gasteiger partial charge on any atom is -0.384 e. The van der Waals surface area contributed by atoms with E-state index in [4.69, 9.17) is 5.11 Å². The van der Waals surface area contributed by atoms with Gasteiger partial charge in [0.05, 0.1) is 6.26 Å². The van der Waals surface area contributed by atoms with Gasteiger partial charge in [-0.1, -0.05) is 17.9 Å². The highest BCUT2D eigenvalue weighted by molar-refractivity contribution is 7.88. The molecule has 1 aromatic carbocycles. The summed E-state index contributed by atoms with van der Waals surface area (Å²) in [7, 11) is -3.25. The maximum absolute atomic E-state index is 11.8. The Labute approximate surface area is 118 Å². The highest BCUT2D eigenvalue weighted by Gasteiger charge is 2.05. The van der Waals surface area contributed by atoms with Crippen LogP contribution < -0.4 is 10.0 Å². The molecule has 0 radical (unpaired) electrons. The predicted octanol–water partition coefficient (Wildman–Crippen LogP) is -0.691. The Bertz CT molecular complexity index is 629. The molecule has 0 aliphatic carbocycles. The van der Waals surface area contributed by atoms with E-state index in [1.807, 2.05) is 0 Å². The number of amides is 1. The number of benzene rings is 1. The highest BCUT2D eigenvalue weighted by Crippen LogP contribution is 2.03. The first kappa shape index (κ1) is 16.2. The van der Waals surface area contributed by atoms with E-state index >= 15 is 0 Å². The summed E-state index contributed by atoms with van der Waals surface area (Å²) in [4.78, 5) is 11.8. The number of carbonyl (C=O) groups excluding carboxylic acids is 1. The van der Waals surface area contributed by atoms with Crippen molar-refractivity contribution in [3.8, 4) is 11.8 Å². The summed E-state index contributed by atoms with van der Waals surface area (Å²) in [6.45, 7) is 0.0839. The van der Waals surface area contributed by atoms with Crippen LogP contribution in [0.5, 0.6) is 0 Å². The van der Waals surface area contributed by atoms with Gasteiger partial charge in [0, 0.05) is 24.2 Å². The summed E-state index contributed by atoms with van der Waals surface area (Å²) >= 11 is 0. The third kappa shape index (κ3) is 6.33. The fraction of sp³-hybridized carbons (Fsp3) is 0.308. The molecular formula is C13H16N2O4S. The van der Waals surface area contributed by atoms with Crippen molar-refractivity contribution < 1.29 is 18.3 Å². The van der Waals surface area contributed by atoms with E-state index in [1.165, 1.54) is 0 Å². The number of aliphatic hydroxyl groups excluding tert-OH is 1. The lowest BCUT2D eigenvalue weighted by Crippen LogP contribution is -2.34. The standard InChI is InChI=1S/C13H16N2O4S/c1-20(18,19)15-8-7-14-13(17)12-6-2-4-11(10-12)5-3-9-16/h2,4,6,10,15-16H,7-9H2,1H3,(H,14,17). The molecule has 6 nitrogen and oxygen atoms in total. The van der Waals surface area contributed by atoms with Crippen LogP contribution in [0, 0.1) is 11.8 Å². The molecule has 108 valence electrons. The van der Waals surface area contributed by atoms with E-state index in [1.54, 1.807) is 24.3 Å². The van der Waals surface area contributed by atoms with Crippen molar-refractivity contribution in [2.24, 2.45) is 0 Å². The van der Waals surface area contributed by atoms with E-state index in [0.29, 0.717) is 11.1 Å². The van der Waals surface area contributed by atoms with E-state index < -0.39 is 10.0 Å². The number of nitrogens with one attached hydrogen (secondary N) is 2. The van der Waals surface area contributed by atoms with Crippen LogP contribution in [0.3, 0.4) is 0 Å². The van der Waals surface area contributed by atoms with E-state index in [0.717, 1.165) is 6.26 Å². The quantitative estimate of drug-likeness (QED) is 0.495. The molecule has 0 heterocycles. The Kier molecular flexibility index (Phi) is 6.18. The van der Waals surface area contributed by atoms with Gasteiger partial charge in [-0.15, -0.1) is 0 Å². The zero-order chi connectivity index (χ0) is 15.0. The van der Waals surface area contributed by atoms with Crippen LogP contribution in [-0.2, 0) is 10.0 Å². The lowest BCUT2D eigenvalue weighted by atomic mass is 10.1. The third-order valence-electron chi connectivity index (χ3n) is 2.21. The molecule has 0 bridgehead atoms. The van der Waals surface area contributed by atoms with Gasteiger partial charge >= 0.3 is 0 Å². The molecule has 1 amide bonds. The molecule has 0 saturated heterocycles. The van der Waals surface area contributed by atoms with Gasteiger partial charge in [0.2, 0.25) is 10.0 Å². The molecule has 0 fully saturated rings. The number of hydrogen-bond acceptors (Lipinski definition) is 4. The first-order valence-electron chi connectivity index (χ1n) is 5.85. The number of hydrogen-bond donors (Lipinski definition) is 3. The summed E-state index contributed by atoms with van der Waals surface area (Å²) in [5, 5.41) is 11.2. The van der Waals surface area contributed by atoms with Gasteiger partial charge in [-0.25, -0.2) is 13.1 Å². The largest absolute Gasteiger partial charge is 0.384 e. The summed E-state index contributed by atoms with van der Waals surface area (Å²) in [6.07, 6.45) is 1.05. The molecule has 7 heteroatoms. The molecule has 20 heavy (non-hydrogen) atoms. The van der Waals surface area contributed by atoms with E-state index in [-0.39, 0.29) is 25.6 Å². The minimum absolute atomic E-state index is 0.134. The van der Waals surface area contributed by atoms with Gasteiger partial charge in [0.1, 0.15) is 6.61 Å². The van der Waals surface area contributed by atoms with Crippen LogP contribution >= 0.6 is 0 Å². The Morgan fingerprint density at radius 1 is 1.35 bits per heavy atom. The molecule has 0 saturated carbocycles. The molecule has 3 N–H and O–H groups in total. The third-order valence-corrected chi connectivity index (χ3v) is 2.94. The van der Waals surface area contributed by atoms with Gasteiger partial charge in [0.25, 0.3) is 5.91 Å². The maximum atomic E-state index is 11.8. The lowest BCUT2D eigenvalue weighted by molar-refractivity contribution is 0.0954. The van der Waals surface area contributed by atoms with Gasteiger partial charge in [-0.3, -0.25) is 4.79 Å². The SMILES string of the molecule is CS(=O)(=O)NCCNC(=O)c1cccc(C#CCO)c1. The van der Waals surface area contributed by atoms with Crippen molar-refractivity contribution in [1.29, 1.82) is 0 Å². The second-order valence-electron chi connectivity index (χ2n) is 3.96. The van der Waals surface area contributed by atoms with Crippen LogP contribution in [0.1, 0.15) is 15.9 Å². The predicted molar refractivity (Wildman–Crippen MR) is 75.6 cm³/mol. The zero-order valence-electron chi connectivity index (χ0n) is 11.0. The van der Waals surface area contributed by atoms with Crippen LogP contribution in [0.15, 0.2) is 24.3 Å². The molecular weight excluding hydrogens is 280 g/mol. The molecule has 0 aromatic heterocycles. The van der Waals surface area contributed by atoms with E-state index in [9.17, 15) is 13.2 Å². The van der Waals surface area contributed by atoms with Crippen LogP contribution in [0.2, 0.25) is 0 Å². The molecule has 0 aliphatic rings. The molecule has 0 aliphatic heterocycles. The Morgan fingerprint density at radius 3 is 2.75 bits per heavy atom. The maximum Gasteiger partial charge on any atom is 0.251 e. The van der Waals surface area contributed by atoms with Gasteiger partial charge in [-0.2, -0.15) is 0 Å². The Hall–Kier alpha value is -1.88. The van der Waals surface area contributed by atoms with Crippen molar-refractivity contribution in [3.05, 3.63) is 35.4 Å². The summed E-state index contributed by atoms with van der Waals surface area (Å²) in [5.41, 5.74) is 1.05. The van der Waals surface area contributed by atoms with Crippen molar-refractivity contribution in [3.63, 3.8) is 0 Å². The monoisotopic (exact) mass is 296 g/mol. The number of carbonyl (C=O) groups is 1. The van der Waals surface area contributed by atoms with Gasteiger partial charge in [-0.05, 0) is 18.2 Å². The molecule has 1 aromatic rings. The van der Waals surface area contributed by atoms with Crippen molar-refractivity contribution in [2.45, 2.75) is 0 Å². The lowest BCUT2D eigenvalue weighted by Gasteiger charge is -2.06. The number of sulfonamides is 1. The van der Waals surface area contributed by atoms with E-state index in [2.05, 4.69) is 21.9 Å². The fourth-order valence-electron chi connectivity index (χ4n) is 1.39. The first-order valence-corrected chi connectivity index (χ1v) is 7.74. The normalized spacial score (nSPS) is 10.5. The molecule has 0 spiro atoms. The zero-order valence-corrected chi connectivity index (χ0v) is 11.8. The smallest absolute Gasteiger partial charge is 0.251 e. The van der Waals surface area contributed by atoms with Gasteiger partial charge < -0.3 is 10.4 Å². The average molecular weight is 296 g/mol. The van der Waals surface area contributed by atoms with Crippen LogP contribution in [0.25, 0.3) is 0 Å². The fourth-order valence-corrected chi connectivity index (χ4v) is 1.87. The van der Waals surface area contributed by atoms with Crippen molar-refractivity contribution in [1.82, 2.24) is 10.0 Å². The topological polar surface area (TPSA) is 95.5 Å². The molecule has 1 rings (SSSR count). The minimum atomic E-state index is -3.25. The first-order chi connectivity index (χ1) is 9.42. The molecule has 0 unspecified atom stereocenters. The summed E-state index contributed by atoms with van der Waals surface area (Å²) in [6, 6.07) is 6.64. The van der Waals surface area contributed by atoms with Gasteiger partial charge in [0.15, 0.2) is 0 Å². The highest BCUT2D eigenvalue weighted by atomic mass is 32.2. The Morgan fingerprint density at radius 2 is 2.10 bits per heavy atom. The summed E-state index contributed by atoms with van der Waals surface area (Å²) < 4.78 is 23.9. The summed E-state index contributed by atoms with van der Waals surface area (Å²) in [5.74, 6) is 4.89. The second-order valence-corrected chi connectivity index (χ2v) is 5.80. The van der Waals surface area contributed by atoms with Crippen LogP contribution in [0.4, 0.5) is 0 Å². The van der Waals surface area contributed by atoms with Crippen molar-refractivity contribution >= 4 is 15.9 Å². The van der Waals surface area contributed by atoms with Crippen molar-refractivity contribution in [2.75, 3.05) is 26.0 Å². The Balaban J connectivity index is 2.55.